The number of nitrogen functional groups attached to an aromatic ring is 1. The molecule has 0 aliphatic heterocycles. The molecule has 0 fully saturated rings. The molecule has 4 heteroatoms. The smallest absolute Gasteiger partial charge is 0.220 e. The topological polar surface area (TPSA) is 75.6 Å². The first-order valence-corrected chi connectivity index (χ1v) is 4.73. The molecule has 14 heavy (non-hydrogen) atoms. The van der Waals surface area contributed by atoms with E-state index in [2.05, 4.69) is 9.97 Å². The van der Waals surface area contributed by atoms with Crippen molar-refractivity contribution < 1.29 is 0 Å². The van der Waals surface area contributed by atoms with Gasteiger partial charge in [-0.25, -0.2) is 9.97 Å². The lowest BCUT2D eigenvalue weighted by molar-refractivity contribution is 1.10. The number of nitrogens with two attached hydrogens (primary N) is 1. The van der Waals surface area contributed by atoms with Gasteiger partial charge in [0.25, 0.3) is 0 Å². The van der Waals surface area contributed by atoms with Crippen LogP contribution in [0.4, 0.5) is 5.95 Å². The van der Waals surface area contributed by atoms with Gasteiger partial charge >= 0.3 is 0 Å². The van der Waals surface area contributed by atoms with Crippen LogP contribution in [-0.2, 0) is 0 Å². The molecular formula is C10H18N4. The summed E-state index contributed by atoms with van der Waals surface area (Å²) in [6.07, 6.45) is 1.41. The first-order valence-electron chi connectivity index (χ1n) is 4.73. The Labute approximate surface area is 85.8 Å². The van der Waals surface area contributed by atoms with Gasteiger partial charge in [0.15, 0.2) is 0 Å². The average molecular weight is 194 g/mol. The fourth-order valence-electron chi connectivity index (χ4n) is 0.595. The quantitative estimate of drug-likeness (QED) is 0.687. The minimum absolute atomic E-state index is 0.205. The van der Waals surface area contributed by atoms with Crippen molar-refractivity contribution in [3.8, 4) is 6.07 Å². The van der Waals surface area contributed by atoms with Gasteiger partial charge in [-0.15, -0.1) is 0 Å². The van der Waals surface area contributed by atoms with Crippen molar-refractivity contribution in [1.29, 1.82) is 5.26 Å². The Morgan fingerprint density at radius 1 is 1.29 bits per heavy atom. The predicted octanol–water partition coefficient (Wildman–Crippen LogP) is 2.29. The number of nitrogens with zero attached hydrogens (tertiary/aromatic N) is 3. The molecule has 1 heterocycles. The maximum absolute atomic E-state index is 8.44. The normalized spacial score (nSPS) is 7.14. The van der Waals surface area contributed by atoms with Crippen LogP contribution in [0.1, 0.15) is 39.0 Å². The molecule has 0 radical (unpaired) electrons. The van der Waals surface area contributed by atoms with E-state index < -0.39 is 0 Å². The summed E-state index contributed by atoms with van der Waals surface area (Å²) in [4.78, 5) is 7.44. The average Bonchev–Trinajstić information content (AvgIpc) is 2.24. The van der Waals surface area contributed by atoms with Gasteiger partial charge in [0.1, 0.15) is 6.07 Å². The first kappa shape index (κ1) is 14.9. The number of hydrogen-bond donors (Lipinski definition) is 1. The molecule has 78 valence electrons. The Hall–Kier alpha value is -1.63. The zero-order valence-corrected chi connectivity index (χ0v) is 9.50. The Balaban J connectivity index is 0. The van der Waals surface area contributed by atoms with E-state index in [-0.39, 0.29) is 5.95 Å². The molecule has 0 saturated heterocycles. The van der Waals surface area contributed by atoms with E-state index in [0.29, 0.717) is 11.3 Å². The fraction of sp³-hybridized carbons (Fsp3) is 0.500. The van der Waals surface area contributed by atoms with Crippen LogP contribution in [0.15, 0.2) is 6.20 Å². The molecule has 0 aliphatic rings. The molecule has 0 aromatic carbocycles. The molecule has 0 amide bonds. The lowest BCUT2D eigenvalue weighted by Crippen LogP contribution is -1.97. The second-order valence-corrected chi connectivity index (χ2v) is 1.84. The molecular weight excluding hydrogens is 176 g/mol. The summed E-state index contributed by atoms with van der Waals surface area (Å²) in [7, 11) is 0. The van der Waals surface area contributed by atoms with Crippen LogP contribution < -0.4 is 5.73 Å². The summed E-state index contributed by atoms with van der Waals surface area (Å²) < 4.78 is 0. The molecule has 1 aromatic rings. The van der Waals surface area contributed by atoms with Gasteiger partial charge in [-0.1, -0.05) is 27.7 Å². The molecule has 0 bridgehead atoms. The van der Waals surface area contributed by atoms with Crippen LogP contribution in [0, 0.1) is 18.3 Å². The third-order valence-corrected chi connectivity index (χ3v) is 1.12. The minimum atomic E-state index is 0.205. The monoisotopic (exact) mass is 194 g/mol. The van der Waals surface area contributed by atoms with Crippen molar-refractivity contribution in [2.24, 2.45) is 0 Å². The van der Waals surface area contributed by atoms with Gasteiger partial charge in [0.2, 0.25) is 5.95 Å². The molecule has 0 aliphatic carbocycles. The van der Waals surface area contributed by atoms with Gasteiger partial charge in [-0.2, -0.15) is 5.26 Å². The van der Waals surface area contributed by atoms with E-state index in [0.717, 1.165) is 0 Å². The first-order chi connectivity index (χ1) is 6.74. The Kier molecular flexibility index (Phi) is 10.0. The second-order valence-electron chi connectivity index (χ2n) is 1.84. The number of aromatic nitrogens is 2. The summed E-state index contributed by atoms with van der Waals surface area (Å²) in [6, 6.07) is 1.94. The van der Waals surface area contributed by atoms with Crippen molar-refractivity contribution >= 4 is 5.95 Å². The SMILES string of the molecule is CC.CC.Cc1nc(N)ncc1C#N. The van der Waals surface area contributed by atoms with Gasteiger partial charge in [-0.3, -0.25) is 0 Å². The number of hydrogen-bond acceptors (Lipinski definition) is 4. The molecule has 1 rings (SSSR count). The standard InChI is InChI=1S/C6H6N4.2C2H6/c1-4-5(2-7)3-9-6(8)10-4;2*1-2/h3H,1H3,(H2,8,9,10);2*1-2H3. The summed E-state index contributed by atoms with van der Waals surface area (Å²) in [6.45, 7) is 9.72. The summed E-state index contributed by atoms with van der Waals surface area (Å²) >= 11 is 0. The van der Waals surface area contributed by atoms with E-state index in [4.69, 9.17) is 11.0 Å². The maximum atomic E-state index is 8.44. The highest BCUT2D eigenvalue weighted by atomic mass is 15.0. The Morgan fingerprint density at radius 3 is 2.14 bits per heavy atom. The fourth-order valence-corrected chi connectivity index (χ4v) is 0.595. The largest absolute Gasteiger partial charge is 0.368 e. The van der Waals surface area contributed by atoms with Crippen LogP contribution in [0.25, 0.3) is 0 Å². The van der Waals surface area contributed by atoms with Crippen molar-refractivity contribution in [2.45, 2.75) is 34.6 Å². The zero-order chi connectivity index (χ0) is 11.6. The number of nitriles is 1. The molecule has 0 atom stereocenters. The molecule has 0 spiro atoms. The van der Waals surface area contributed by atoms with Crippen LogP contribution in [0.2, 0.25) is 0 Å². The van der Waals surface area contributed by atoms with E-state index in [1.54, 1.807) is 6.92 Å². The molecule has 0 unspecified atom stereocenters. The third kappa shape index (κ3) is 5.09. The van der Waals surface area contributed by atoms with Crippen LogP contribution in [0.5, 0.6) is 0 Å². The summed E-state index contributed by atoms with van der Waals surface area (Å²) in [5.74, 6) is 0.205. The number of anilines is 1. The summed E-state index contributed by atoms with van der Waals surface area (Å²) in [5, 5.41) is 8.44. The second kappa shape index (κ2) is 9.46. The van der Waals surface area contributed by atoms with E-state index in [1.165, 1.54) is 6.20 Å². The highest BCUT2D eigenvalue weighted by Crippen LogP contribution is 2.01. The van der Waals surface area contributed by atoms with Crippen molar-refractivity contribution in [3.63, 3.8) is 0 Å². The van der Waals surface area contributed by atoms with Crippen molar-refractivity contribution in [1.82, 2.24) is 9.97 Å². The van der Waals surface area contributed by atoms with Crippen molar-refractivity contribution in [3.05, 3.63) is 17.5 Å². The van der Waals surface area contributed by atoms with Crippen LogP contribution in [0.3, 0.4) is 0 Å². The maximum Gasteiger partial charge on any atom is 0.220 e. The summed E-state index contributed by atoms with van der Waals surface area (Å²) in [5.41, 5.74) is 6.34. The zero-order valence-electron chi connectivity index (χ0n) is 9.50. The molecule has 1 aromatic heterocycles. The van der Waals surface area contributed by atoms with E-state index >= 15 is 0 Å². The molecule has 4 nitrogen and oxygen atoms in total. The van der Waals surface area contributed by atoms with Crippen molar-refractivity contribution in [2.75, 3.05) is 5.73 Å². The van der Waals surface area contributed by atoms with Crippen LogP contribution in [-0.4, -0.2) is 9.97 Å². The minimum Gasteiger partial charge on any atom is -0.368 e. The van der Waals surface area contributed by atoms with Gasteiger partial charge in [0.05, 0.1) is 17.5 Å². The van der Waals surface area contributed by atoms with Gasteiger partial charge < -0.3 is 5.73 Å². The number of aryl methyl sites for hydroxylation is 1. The Morgan fingerprint density at radius 2 is 1.79 bits per heavy atom. The predicted molar refractivity (Wildman–Crippen MR) is 58.6 cm³/mol. The van der Waals surface area contributed by atoms with E-state index in [9.17, 15) is 0 Å². The van der Waals surface area contributed by atoms with E-state index in [1.807, 2.05) is 33.8 Å². The molecule has 2 N–H and O–H groups in total. The lowest BCUT2D eigenvalue weighted by Gasteiger charge is -1.94. The highest BCUT2D eigenvalue weighted by Gasteiger charge is 1.97. The Bertz CT molecular complexity index is 289. The van der Waals surface area contributed by atoms with Gasteiger partial charge in [-0.05, 0) is 6.92 Å². The number of rotatable bonds is 0. The molecule has 0 saturated carbocycles. The van der Waals surface area contributed by atoms with Crippen LogP contribution >= 0.6 is 0 Å². The van der Waals surface area contributed by atoms with Gasteiger partial charge in [0, 0.05) is 0 Å². The third-order valence-electron chi connectivity index (χ3n) is 1.12. The lowest BCUT2D eigenvalue weighted by atomic mass is 10.3. The highest BCUT2D eigenvalue weighted by molar-refractivity contribution is 5.33.